The number of anilines is 2. The Morgan fingerprint density at radius 1 is 1.36 bits per heavy atom. The Hall–Kier alpha value is -3.38. The number of ether oxygens (including phenoxy) is 2. The third-order valence-electron chi connectivity index (χ3n) is 3.89. The first-order valence-corrected chi connectivity index (χ1v) is 9.46. The third-order valence-corrected chi connectivity index (χ3v) is 4.78. The first-order chi connectivity index (χ1) is 13.5. The second kappa shape index (κ2) is 8.54. The van der Waals surface area contributed by atoms with Crippen molar-refractivity contribution in [3.05, 3.63) is 34.8 Å². The highest BCUT2D eigenvalue weighted by atomic mass is 32.1. The van der Waals surface area contributed by atoms with Gasteiger partial charge in [-0.15, -0.1) is 11.3 Å². The summed E-state index contributed by atoms with van der Waals surface area (Å²) in [6.07, 6.45) is 1.39. The molecule has 0 bridgehead atoms. The number of hydrogen-bond acceptors (Lipinski definition) is 7. The highest BCUT2D eigenvalue weighted by molar-refractivity contribution is 7.14. The van der Waals surface area contributed by atoms with Crippen LogP contribution in [0.4, 0.5) is 10.8 Å². The highest BCUT2D eigenvalue weighted by Crippen LogP contribution is 2.32. The fourth-order valence-corrected chi connectivity index (χ4v) is 3.47. The summed E-state index contributed by atoms with van der Waals surface area (Å²) in [7, 11) is 0. The monoisotopic (exact) mass is 398 g/mol. The molecule has 2 aromatic rings. The van der Waals surface area contributed by atoms with E-state index < -0.39 is 5.91 Å². The molecule has 1 aliphatic rings. The third kappa shape index (κ3) is 4.29. The molecule has 0 saturated carbocycles. The first-order valence-electron chi connectivity index (χ1n) is 8.58. The minimum Gasteiger partial charge on any atom is -0.486 e. The summed E-state index contributed by atoms with van der Waals surface area (Å²) >= 11 is 1.27. The van der Waals surface area contributed by atoms with Crippen LogP contribution in [-0.2, 0) is 9.59 Å². The molecule has 0 radical (unpaired) electrons. The van der Waals surface area contributed by atoms with Gasteiger partial charge >= 0.3 is 0 Å². The van der Waals surface area contributed by atoms with Crippen molar-refractivity contribution < 1.29 is 19.1 Å². The number of nitrogens with one attached hydrogen (secondary N) is 1. The summed E-state index contributed by atoms with van der Waals surface area (Å²) in [4.78, 5) is 29.9. The van der Waals surface area contributed by atoms with Gasteiger partial charge in [-0.05, 0) is 25.1 Å². The highest BCUT2D eigenvalue weighted by Gasteiger charge is 2.16. The Labute approximate surface area is 166 Å². The predicted octanol–water partition coefficient (Wildman–Crippen LogP) is 2.83. The van der Waals surface area contributed by atoms with Crippen LogP contribution < -0.4 is 19.7 Å². The molecule has 1 aromatic carbocycles. The Balaban J connectivity index is 1.76. The van der Waals surface area contributed by atoms with E-state index in [1.807, 2.05) is 13.0 Å². The molecule has 1 N–H and O–H groups in total. The van der Waals surface area contributed by atoms with Gasteiger partial charge in [0.1, 0.15) is 24.9 Å². The van der Waals surface area contributed by atoms with Gasteiger partial charge in [-0.25, -0.2) is 4.98 Å². The van der Waals surface area contributed by atoms with E-state index in [-0.39, 0.29) is 11.5 Å². The quantitative estimate of drug-likeness (QED) is 0.613. The van der Waals surface area contributed by atoms with E-state index >= 15 is 0 Å². The van der Waals surface area contributed by atoms with Gasteiger partial charge in [0, 0.05) is 30.6 Å². The zero-order chi connectivity index (χ0) is 20.1. The van der Waals surface area contributed by atoms with Gasteiger partial charge in [0.2, 0.25) is 5.91 Å². The summed E-state index contributed by atoms with van der Waals surface area (Å²) in [5.74, 6) is 0.470. The molecule has 8 nitrogen and oxygen atoms in total. The van der Waals surface area contributed by atoms with Crippen LogP contribution in [0.5, 0.6) is 11.5 Å². The minimum absolute atomic E-state index is 0.0994. The lowest BCUT2D eigenvalue weighted by molar-refractivity contribution is -0.116. The smallest absolute Gasteiger partial charge is 0.266 e. The molecule has 9 heteroatoms. The van der Waals surface area contributed by atoms with Crippen molar-refractivity contribution in [2.24, 2.45) is 0 Å². The van der Waals surface area contributed by atoms with E-state index in [9.17, 15) is 14.9 Å². The van der Waals surface area contributed by atoms with Crippen molar-refractivity contribution in [1.29, 1.82) is 5.26 Å². The van der Waals surface area contributed by atoms with E-state index in [0.29, 0.717) is 47.8 Å². The number of hydrogen-bond donors (Lipinski definition) is 1. The Kier molecular flexibility index (Phi) is 5.91. The number of nitriles is 1. The molecule has 0 spiro atoms. The number of amides is 2. The molecule has 1 aliphatic heterocycles. The van der Waals surface area contributed by atoms with Crippen molar-refractivity contribution in [2.45, 2.75) is 13.8 Å². The van der Waals surface area contributed by atoms with Crippen LogP contribution in [0.15, 0.2) is 29.2 Å². The lowest BCUT2D eigenvalue weighted by Gasteiger charge is -2.18. The van der Waals surface area contributed by atoms with Crippen LogP contribution in [0.3, 0.4) is 0 Å². The molecule has 28 heavy (non-hydrogen) atoms. The number of rotatable bonds is 5. The second-order valence-electron chi connectivity index (χ2n) is 5.80. The average Bonchev–Trinajstić information content (AvgIpc) is 3.14. The van der Waals surface area contributed by atoms with Gasteiger partial charge in [-0.3, -0.25) is 14.5 Å². The van der Waals surface area contributed by atoms with Gasteiger partial charge in [-0.2, -0.15) is 5.26 Å². The zero-order valence-corrected chi connectivity index (χ0v) is 16.2. The molecular formula is C19H18N4O4S. The molecule has 0 unspecified atom stereocenters. The summed E-state index contributed by atoms with van der Waals surface area (Å²) in [5, 5.41) is 14.2. The molecule has 144 valence electrons. The number of aromatic nitrogens is 1. The molecule has 2 heterocycles. The van der Waals surface area contributed by atoms with Gasteiger partial charge < -0.3 is 14.8 Å². The maximum atomic E-state index is 12.5. The van der Waals surface area contributed by atoms with Crippen LogP contribution in [0.2, 0.25) is 0 Å². The van der Waals surface area contributed by atoms with Gasteiger partial charge in [-0.1, -0.05) is 0 Å². The summed E-state index contributed by atoms with van der Waals surface area (Å²) in [6.45, 7) is 4.72. The summed E-state index contributed by atoms with van der Waals surface area (Å²) in [6, 6.07) is 6.91. The molecule has 0 atom stereocenters. The van der Waals surface area contributed by atoms with E-state index in [2.05, 4.69) is 10.3 Å². The number of carbonyl (C=O) groups is 2. The largest absolute Gasteiger partial charge is 0.486 e. The predicted molar refractivity (Wildman–Crippen MR) is 105 cm³/mol. The van der Waals surface area contributed by atoms with Crippen LogP contribution in [0.25, 0.3) is 6.08 Å². The minimum atomic E-state index is -0.562. The van der Waals surface area contributed by atoms with Gasteiger partial charge in [0.25, 0.3) is 5.91 Å². The van der Waals surface area contributed by atoms with E-state index in [1.54, 1.807) is 23.6 Å². The second-order valence-corrected chi connectivity index (χ2v) is 6.64. The Morgan fingerprint density at radius 3 is 2.79 bits per heavy atom. The molecule has 2 amide bonds. The van der Waals surface area contributed by atoms with Crippen molar-refractivity contribution in [2.75, 3.05) is 30.0 Å². The molecule has 0 saturated heterocycles. The molecule has 3 rings (SSSR count). The SMILES string of the molecule is CCN(C(C)=O)c1nc(/C=C(\C#N)C(=O)Nc2ccc3c(c2)OCCO3)cs1. The van der Waals surface area contributed by atoms with Crippen molar-refractivity contribution >= 4 is 40.0 Å². The lowest BCUT2D eigenvalue weighted by Crippen LogP contribution is -2.27. The number of nitrogens with zero attached hydrogens (tertiary/aromatic N) is 3. The molecule has 1 aromatic heterocycles. The van der Waals surface area contributed by atoms with Crippen molar-refractivity contribution in [3.8, 4) is 17.6 Å². The maximum Gasteiger partial charge on any atom is 0.266 e. The molecular weight excluding hydrogens is 380 g/mol. The lowest BCUT2D eigenvalue weighted by atomic mass is 10.2. The zero-order valence-electron chi connectivity index (χ0n) is 15.4. The summed E-state index contributed by atoms with van der Waals surface area (Å²) in [5.41, 5.74) is 0.828. The topological polar surface area (TPSA) is 105 Å². The maximum absolute atomic E-state index is 12.5. The standard InChI is InChI=1S/C19H18N4O4S/c1-3-23(12(2)24)19-22-15(11-28-19)8-13(10-20)18(25)21-14-4-5-16-17(9-14)27-7-6-26-16/h4-5,8-9,11H,3,6-7H2,1-2H3,(H,21,25)/b13-8+. The average molecular weight is 398 g/mol. The van der Waals surface area contributed by atoms with Crippen molar-refractivity contribution in [3.63, 3.8) is 0 Å². The van der Waals surface area contributed by atoms with Crippen LogP contribution in [0.1, 0.15) is 19.5 Å². The van der Waals surface area contributed by atoms with E-state index in [1.165, 1.54) is 29.2 Å². The van der Waals surface area contributed by atoms with E-state index in [4.69, 9.17) is 9.47 Å². The fraction of sp³-hybridized carbons (Fsp3) is 0.263. The Morgan fingerprint density at radius 2 is 2.11 bits per heavy atom. The van der Waals surface area contributed by atoms with Crippen LogP contribution in [0, 0.1) is 11.3 Å². The van der Waals surface area contributed by atoms with Crippen LogP contribution >= 0.6 is 11.3 Å². The number of fused-ring (bicyclic) bond motifs is 1. The molecule has 0 fully saturated rings. The summed E-state index contributed by atoms with van der Waals surface area (Å²) < 4.78 is 10.9. The van der Waals surface area contributed by atoms with Gasteiger partial charge in [0.15, 0.2) is 16.6 Å². The molecule has 0 aliphatic carbocycles. The van der Waals surface area contributed by atoms with Gasteiger partial charge in [0.05, 0.1) is 5.69 Å². The normalized spacial score (nSPS) is 12.8. The number of benzene rings is 1. The fourth-order valence-electron chi connectivity index (χ4n) is 2.58. The number of thiazole rings is 1. The first kappa shape index (κ1) is 19.4. The van der Waals surface area contributed by atoms with Crippen LogP contribution in [-0.4, -0.2) is 36.6 Å². The number of carbonyl (C=O) groups excluding carboxylic acids is 2. The van der Waals surface area contributed by atoms with Crippen molar-refractivity contribution in [1.82, 2.24) is 4.98 Å². The van der Waals surface area contributed by atoms with E-state index in [0.717, 1.165) is 0 Å². The Bertz CT molecular complexity index is 977.